The Kier molecular flexibility index (Phi) is 55.7. The molecule has 0 aliphatic carbocycles. The standard InChI is InChI=1S/C71H125NO8/c1-3-5-7-9-11-13-15-17-19-21-22-23-24-25-26-27-28-29-30-31-32-33-34-35-36-37-38-39-40-41-42-43-44-45-47-49-51-53-55-57-59-61-67(75)72-64(63-79-71-70(78)69(77)68(76)66(62-73)80-71)65(74)60-58-56-54-52-50-48-46-20-18-16-14-12-10-8-6-4-2/h5,7,11,13,17,19,22-23,25-26,28-29,50,52,58,60,64-66,68-71,73-74,76-78H,3-4,6,8-10,12,14-16,18,20-21,24,27,30-49,51,53-57,59,61-63H2,1-2H3,(H,72,75)/b7-5-,13-11-,19-17-,23-22-,26-25-,29-28-,52-50+,60-58+. The fourth-order valence-electron chi connectivity index (χ4n) is 10.2. The molecule has 1 amide bonds. The molecule has 1 aliphatic heterocycles. The molecule has 0 bridgehead atoms. The van der Waals surface area contributed by atoms with Gasteiger partial charge in [0.25, 0.3) is 0 Å². The highest BCUT2D eigenvalue weighted by Gasteiger charge is 2.44. The molecule has 0 radical (unpaired) electrons. The monoisotopic (exact) mass is 1120 g/mol. The molecular formula is C71H125NO8. The highest BCUT2D eigenvalue weighted by Crippen LogP contribution is 2.23. The summed E-state index contributed by atoms with van der Waals surface area (Å²) in [6, 6.07) is -0.824. The zero-order valence-corrected chi connectivity index (χ0v) is 51.6. The van der Waals surface area contributed by atoms with Gasteiger partial charge in [0.05, 0.1) is 25.4 Å². The maximum Gasteiger partial charge on any atom is 0.220 e. The summed E-state index contributed by atoms with van der Waals surface area (Å²) in [7, 11) is 0. The van der Waals surface area contributed by atoms with Gasteiger partial charge in [-0.2, -0.15) is 0 Å². The first-order chi connectivity index (χ1) is 39.3. The van der Waals surface area contributed by atoms with Crippen LogP contribution in [-0.4, -0.2) is 87.5 Å². The lowest BCUT2D eigenvalue weighted by atomic mass is 9.99. The summed E-state index contributed by atoms with van der Waals surface area (Å²) in [5, 5.41) is 54.6. The highest BCUT2D eigenvalue weighted by atomic mass is 16.7. The van der Waals surface area contributed by atoms with Crippen molar-refractivity contribution in [2.75, 3.05) is 13.2 Å². The number of amides is 1. The lowest BCUT2D eigenvalue weighted by molar-refractivity contribution is -0.302. The van der Waals surface area contributed by atoms with Crippen LogP contribution in [0.25, 0.3) is 0 Å². The normalized spacial score (nSPS) is 19.1. The summed E-state index contributed by atoms with van der Waals surface area (Å²) < 4.78 is 11.3. The third-order valence-corrected chi connectivity index (χ3v) is 15.4. The van der Waals surface area contributed by atoms with Crippen LogP contribution < -0.4 is 5.32 Å². The first kappa shape index (κ1) is 75.1. The summed E-state index contributed by atoms with van der Waals surface area (Å²) in [4.78, 5) is 13.1. The highest BCUT2D eigenvalue weighted by molar-refractivity contribution is 5.76. The second kappa shape index (κ2) is 59.3. The van der Waals surface area contributed by atoms with Crippen molar-refractivity contribution in [1.82, 2.24) is 5.32 Å². The number of allylic oxidation sites excluding steroid dienone is 15. The second-order valence-electron chi connectivity index (χ2n) is 22.9. The Hall–Kier alpha value is -2.89. The molecule has 0 aromatic rings. The zero-order chi connectivity index (χ0) is 57.9. The van der Waals surface area contributed by atoms with Gasteiger partial charge in [-0.15, -0.1) is 0 Å². The predicted molar refractivity (Wildman–Crippen MR) is 341 cm³/mol. The van der Waals surface area contributed by atoms with E-state index >= 15 is 0 Å². The van der Waals surface area contributed by atoms with E-state index in [9.17, 15) is 30.3 Å². The number of unbranched alkanes of at least 4 members (excludes halogenated alkanes) is 33. The number of ether oxygens (including phenoxy) is 2. The molecule has 9 nitrogen and oxygen atoms in total. The molecule has 7 unspecified atom stereocenters. The number of nitrogens with one attached hydrogen (secondary N) is 1. The van der Waals surface area contributed by atoms with Crippen molar-refractivity contribution in [3.8, 4) is 0 Å². The first-order valence-electron chi connectivity index (χ1n) is 33.5. The average Bonchev–Trinajstić information content (AvgIpc) is 3.46. The van der Waals surface area contributed by atoms with Crippen molar-refractivity contribution in [3.05, 3.63) is 97.2 Å². The lowest BCUT2D eigenvalue weighted by Gasteiger charge is -2.40. The molecule has 1 heterocycles. The van der Waals surface area contributed by atoms with Gasteiger partial charge in [0.1, 0.15) is 24.4 Å². The summed E-state index contributed by atoms with van der Waals surface area (Å²) in [6.07, 6.45) is 79.4. The Morgan fingerprint density at radius 3 is 1.20 bits per heavy atom. The topological polar surface area (TPSA) is 149 Å². The minimum atomic E-state index is -1.57. The quantitative estimate of drug-likeness (QED) is 0.0261. The number of aliphatic hydroxyl groups excluding tert-OH is 5. The summed E-state index contributed by atoms with van der Waals surface area (Å²) >= 11 is 0. The van der Waals surface area contributed by atoms with Crippen molar-refractivity contribution in [2.24, 2.45) is 0 Å². The number of rotatable bonds is 57. The molecule has 1 rings (SSSR count). The van der Waals surface area contributed by atoms with Crippen LogP contribution in [-0.2, 0) is 14.3 Å². The largest absolute Gasteiger partial charge is 0.394 e. The predicted octanol–water partition coefficient (Wildman–Crippen LogP) is 17.9. The number of hydrogen-bond donors (Lipinski definition) is 6. The fourth-order valence-corrected chi connectivity index (χ4v) is 10.2. The molecule has 80 heavy (non-hydrogen) atoms. The van der Waals surface area contributed by atoms with Crippen LogP contribution in [0.2, 0.25) is 0 Å². The molecular weight excluding hydrogens is 995 g/mol. The van der Waals surface area contributed by atoms with E-state index in [4.69, 9.17) is 9.47 Å². The molecule has 0 aromatic heterocycles. The lowest BCUT2D eigenvalue weighted by Crippen LogP contribution is -2.60. The summed E-state index contributed by atoms with van der Waals surface area (Å²) in [6.45, 7) is 3.66. The second-order valence-corrected chi connectivity index (χ2v) is 22.9. The van der Waals surface area contributed by atoms with Crippen molar-refractivity contribution >= 4 is 5.91 Å². The van der Waals surface area contributed by atoms with Gasteiger partial charge < -0.3 is 40.3 Å². The third-order valence-electron chi connectivity index (χ3n) is 15.4. The van der Waals surface area contributed by atoms with E-state index in [1.807, 2.05) is 6.08 Å². The minimum Gasteiger partial charge on any atom is -0.394 e. The average molecular weight is 1120 g/mol. The SMILES string of the molecule is CC/C=C\C/C=C\C/C=C\C/C=C\C/C=C\C/C=C\CCCCCCCCCCCCCCCCCCCCCCCCC(=O)NC(COC1OC(CO)C(O)C(O)C1O)C(O)/C=C/CC/C=C/CCCCCCCCCCCC. The van der Waals surface area contributed by atoms with E-state index in [1.54, 1.807) is 6.08 Å². The van der Waals surface area contributed by atoms with Gasteiger partial charge in [-0.3, -0.25) is 4.79 Å². The van der Waals surface area contributed by atoms with Gasteiger partial charge in [-0.25, -0.2) is 0 Å². The molecule has 7 atom stereocenters. The zero-order valence-electron chi connectivity index (χ0n) is 51.6. The van der Waals surface area contributed by atoms with Gasteiger partial charge >= 0.3 is 0 Å². The summed E-state index contributed by atoms with van der Waals surface area (Å²) in [5.74, 6) is -0.185. The Balaban J connectivity index is 2.06. The molecule has 0 spiro atoms. The molecule has 0 aromatic carbocycles. The van der Waals surface area contributed by atoms with Crippen LogP contribution in [0.5, 0.6) is 0 Å². The Labute approximate surface area is 492 Å². The van der Waals surface area contributed by atoms with Crippen LogP contribution in [0.1, 0.15) is 290 Å². The number of carbonyl (C=O) groups excluding carboxylic acids is 1. The fraction of sp³-hybridized carbons (Fsp3) is 0.761. The Morgan fingerprint density at radius 1 is 0.438 bits per heavy atom. The van der Waals surface area contributed by atoms with E-state index in [-0.39, 0.29) is 12.5 Å². The maximum atomic E-state index is 13.1. The van der Waals surface area contributed by atoms with Crippen molar-refractivity contribution < 1.29 is 39.8 Å². The molecule has 6 N–H and O–H groups in total. The van der Waals surface area contributed by atoms with E-state index < -0.39 is 49.5 Å². The van der Waals surface area contributed by atoms with Gasteiger partial charge in [0.15, 0.2) is 6.29 Å². The summed E-state index contributed by atoms with van der Waals surface area (Å²) in [5.41, 5.74) is 0. The number of hydrogen-bond acceptors (Lipinski definition) is 8. The van der Waals surface area contributed by atoms with Crippen molar-refractivity contribution in [2.45, 2.75) is 333 Å². The Bertz CT molecular complexity index is 1580. The van der Waals surface area contributed by atoms with Crippen LogP contribution in [0, 0.1) is 0 Å². The van der Waals surface area contributed by atoms with E-state index in [0.29, 0.717) is 6.42 Å². The van der Waals surface area contributed by atoms with Gasteiger partial charge in [-0.1, -0.05) is 297 Å². The molecule has 1 saturated heterocycles. The van der Waals surface area contributed by atoms with Crippen molar-refractivity contribution in [3.63, 3.8) is 0 Å². The number of carbonyl (C=O) groups is 1. The molecule has 1 aliphatic rings. The van der Waals surface area contributed by atoms with Crippen LogP contribution in [0.4, 0.5) is 0 Å². The Morgan fingerprint density at radius 2 is 0.787 bits per heavy atom. The van der Waals surface area contributed by atoms with Gasteiger partial charge in [0.2, 0.25) is 5.91 Å². The van der Waals surface area contributed by atoms with E-state index in [0.717, 1.165) is 77.0 Å². The smallest absolute Gasteiger partial charge is 0.220 e. The number of aliphatic hydroxyl groups is 5. The van der Waals surface area contributed by atoms with Gasteiger partial charge in [-0.05, 0) is 83.5 Å². The minimum absolute atomic E-state index is 0.185. The van der Waals surface area contributed by atoms with Gasteiger partial charge in [0, 0.05) is 6.42 Å². The third kappa shape index (κ3) is 47.6. The molecule has 9 heteroatoms. The van der Waals surface area contributed by atoms with Crippen LogP contribution in [0.15, 0.2) is 97.2 Å². The van der Waals surface area contributed by atoms with E-state index in [2.05, 4.69) is 104 Å². The van der Waals surface area contributed by atoms with Crippen LogP contribution >= 0.6 is 0 Å². The molecule has 462 valence electrons. The molecule has 0 saturated carbocycles. The van der Waals surface area contributed by atoms with Crippen LogP contribution in [0.3, 0.4) is 0 Å². The maximum absolute atomic E-state index is 13.1. The molecule has 1 fully saturated rings. The van der Waals surface area contributed by atoms with E-state index in [1.165, 1.54) is 193 Å². The first-order valence-corrected chi connectivity index (χ1v) is 33.5. The van der Waals surface area contributed by atoms with Crippen molar-refractivity contribution in [1.29, 1.82) is 0 Å².